The molecule has 0 N–H and O–H groups in total. The van der Waals surface area contributed by atoms with Crippen molar-refractivity contribution in [2.24, 2.45) is 0 Å². The second kappa shape index (κ2) is 9.76. The van der Waals surface area contributed by atoms with Gasteiger partial charge in [-0.05, 0) is 0 Å². The average molecular weight is 271 g/mol. The predicted molar refractivity (Wildman–Crippen MR) is 65.1 cm³/mol. The quantitative estimate of drug-likeness (QED) is 0.345. The van der Waals surface area contributed by atoms with E-state index in [0.717, 1.165) is 38.9 Å². The van der Waals surface area contributed by atoms with E-state index in [1.54, 1.807) is 18.6 Å². The van der Waals surface area contributed by atoms with E-state index < -0.39 is 0 Å². The first-order valence-electron chi connectivity index (χ1n) is 6.25. The fraction of sp³-hybridized carbons (Fsp3) is 1.00. The minimum absolute atomic E-state index is 0.286. The molecule has 0 amide bonds. The summed E-state index contributed by atoms with van der Waals surface area (Å²) >= 11 is 1.57. The molecule has 0 saturated heterocycles. The van der Waals surface area contributed by atoms with Gasteiger partial charge in [0.2, 0.25) is 0 Å². The monoisotopic (exact) mass is 270 g/mol. The van der Waals surface area contributed by atoms with Gasteiger partial charge in [0.15, 0.2) is 0 Å². The molecule has 0 saturated carbocycles. The Balaban J connectivity index is 3.83. The third kappa shape index (κ3) is 8.37. The summed E-state index contributed by atoms with van der Waals surface area (Å²) < 4.78 is 11.4. The van der Waals surface area contributed by atoms with Gasteiger partial charge in [-0.2, -0.15) is 0 Å². The molecule has 0 aliphatic heterocycles. The maximum atomic E-state index is 5.86. The first-order valence-corrected chi connectivity index (χ1v) is 7.46. The Morgan fingerprint density at radius 3 is 1.67 bits per heavy atom. The summed E-state index contributed by atoms with van der Waals surface area (Å²) in [5, 5.41) is 0. The van der Waals surface area contributed by atoms with E-state index in [1.165, 1.54) is 12.8 Å². The van der Waals surface area contributed by atoms with Crippen molar-refractivity contribution in [1.82, 2.24) is 0 Å². The van der Waals surface area contributed by atoms with Gasteiger partial charge < -0.3 is 0 Å². The van der Waals surface area contributed by atoms with E-state index in [0.29, 0.717) is 0 Å². The van der Waals surface area contributed by atoms with Crippen molar-refractivity contribution in [1.29, 1.82) is 0 Å². The van der Waals surface area contributed by atoms with Crippen LogP contribution in [0.2, 0.25) is 0 Å². The fourth-order valence-electron chi connectivity index (χ4n) is 1.31. The summed E-state index contributed by atoms with van der Waals surface area (Å²) in [5.74, 6) is 0. The maximum absolute atomic E-state index is 5.86. The fourth-order valence-corrected chi connectivity index (χ4v) is 2.41. The van der Waals surface area contributed by atoms with Crippen molar-refractivity contribution in [2.75, 3.05) is 13.2 Å². The molecule has 0 heterocycles. The van der Waals surface area contributed by atoms with Gasteiger partial charge in [-0.3, -0.25) is 0 Å². The van der Waals surface area contributed by atoms with Crippen molar-refractivity contribution in [3.8, 4) is 0 Å². The zero-order valence-corrected chi connectivity index (χ0v) is 13.0. The zero-order chi connectivity index (χ0) is 11.6. The van der Waals surface area contributed by atoms with E-state index in [9.17, 15) is 0 Å². The van der Waals surface area contributed by atoms with Gasteiger partial charge in [-0.15, -0.1) is 0 Å². The Kier molecular flexibility index (Phi) is 10.1. The molecule has 2 nitrogen and oxygen atoms in total. The van der Waals surface area contributed by atoms with Crippen LogP contribution in [0, 0.1) is 0 Å². The van der Waals surface area contributed by atoms with Gasteiger partial charge in [-0.1, -0.05) is 0 Å². The topological polar surface area (TPSA) is 18.5 Å². The Hall–Kier alpha value is 0.556. The predicted octanol–water partition coefficient (Wildman–Crippen LogP) is 3.24. The van der Waals surface area contributed by atoms with Crippen molar-refractivity contribution in [3.63, 3.8) is 0 Å². The molecule has 0 spiro atoms. The van der Waals surface area contributed by atoms with E-state index in [-0.39, 0.29) is 4.34 Å². The zero-order valence-electron chi connectivity index (χ0n) is 10.6. The molecule has 0 bridgehead atoms. The normalized spacial score (nSPS) is 11.9. The van der Waals surface area contributed by atoms with E-state index in [4.69, 9.17) is 9.47 Å². The number of hydrogen-bond acceptors (Lipinski definition) is 2. The van der Waals surface area contributed by atoms with Crippen LogP contribution in [-0.4, -0.2) is 36.2 Å². The third-order valence-electron chi connectivity index (χ3n) is 2.29. The summed E-state index contributed by atoms with van der Waals surface area (Å²) in [6, 6.07) is 0. The van der Waals surface area contributed by atoms with Crippen LogP contribution in [0.25, 0.3) is 0 Å². The van der Waals surface area contributed by atoms with Crippen molar-refractivity contribution in [2.45, 2.75) is 63.6 Å². The molecule has 15 heavy (non-hydrogen) atoms. The van der Waals surface area contributed by atoms with Gasteiger partial charge >= 0.3 is 105 Å². The average Bonchev–Trinajstić information content (AvgIpc) is 2.19. The van der Waals surface area contributed by atoms with Gasteiger partial charge in [0.1, 0.15) is 0 Å². The summed E-state index contributed by atoms with van der Waals surface area (Å²) in [7, 11) is 0. The molecule has 0 rings (SSSR count). The van der Waals surface area contributed by atoms with Gasteiger partial charge in [0.25, 0.3) is 0 Å². The molecule has 0 aliphatic rings. The van der Waals surface area contributed by atoms with Crippen LogP contribution in [0.3, 0.4) is 0 Å². The van der Waals surface area contributed by atoms with Crippen molar-refractivity contribution >= 4 is 18.6 Å². The summed E-state index contributed by atoms with van der Waals surface area (Å²) in [5.41, 5.74) is 0. The van der Waals surface area contributed by atoms with Crippen LogP contribution < -0.4 is 0 Å². The van der Waals surface area contributed by atoms with Crippen LogP contribution in [0.15, 0.2) is 0 Å². The first kappa shape index (κ1) is 15.6. The van der Waals surface area contributed by atoms with Crippen LogP contribution in [0.1, 0.15) is 59.3 Å². The molecule has 0 aliphatic carbocycles. The number of hydrogen-bond donors (Lipinski definition) is 0. The van der Waals surface area contributed by atoms with Gasteiger partial charge in [-0.25, -0.2) is 0 Å². The molecule has 0 fully saturated rings. The van der Waals surface area contributed by atoms with Crippen molar-refractivity contribution < 1.29 is 9.47 Å². The van der Waals surface area contributed by atoms with E-state index >= 15 is 0 Å². The summed E-state index contributed by atoms with van der Waals surface area (Å²) in [4.78, 5) is 0. The number of rotatable bonds is 10. The molecule has 0 aromatic carbocycles. The van der Waals surface area contributed by atoms with Crippen molar-refractivity contribution in [3.05, 3.63) is 0 Å². The summed E-state index contributed by atoms with van der Waals surface area (Å²) in [6.45, 7) is 8.22. The molecular formula is C12H25GaO2. The van der Waals surface area contributed by atoms with Gasteiger partial charge in [0, 0.05) is 0 Å². The minimum atomic E-state index is -0.286. The molecule has 0 aromatic rings. The molecular weight excluding hydrogens is 246 g/mol. The molecule has 0 unspecified atom stereocenters. The van der Waals surface area contributed by atoms with Gasteiger partial charge in [0.05, 0.1) is 0 Å². The Morgan fingerprint density at radius 2 is 1.33 bits per heavy atom. The van der Waals surface area contributed by atoms with Crippen LogP contribution in [-0.2, 0) is 9.47 Å². The Bertz CT molecular complexity index is 130. The van der Waals surface area contributed by atoms with Crippen LogP contribution >= 0.6 is 0 Å². The Labute approximate surface area is 105 Å². The second-order valence-corrected chi connectivity index (χ2v) is 5.81. The number of unbranched alkanes of at least 4 members (excludes halogenated alkanes) is 2. The SMILES string of the molecule is CCCCO[C]([Ga])(CCC)OCCCC. The second-order valence-electron chi connectivity index (χ2n) is 3.97. The van der Waals surface area contributed by atoms with E-state index in [2.05, 4.69) is 20.8 Å². The van der Waals surface area contributed by atoms with Crippen LogP contribution in [0.5, 0.6) is 0 Å². The van der Waals surface area contributed by atoms with E-state index in [1.807, 2.05) is 0 Å². The number of ether oxygens (including phenoxy) is 2. The first-order chi connectivity index (χ1) is 7.18. The molecule has 2 radical (unpaired) electrons. The molecule has 3 heteroatoms. The third-order valence-corrected chi connectivity index (χ3v) is 3.59. The standard InChI is InChI=1S/C12H25O2.Ga/c1-4-7-10-13-12(9-6-3)14-11-8-5-2;/h4-11H2,1-3H3;. The Morgan fingerprint density at radius 1 is 0.867 bits per heavy atom. The van der Waals surface area contributed by atoms with Crippen LogP contribution in [0.4, 0.5) is 0 Å². The molecule has 0 atom stereocenters. The summed E-state index contributed by atoms with van der Waals surface area (Å²) in [6.07, 6.45) is 6.77. The molecule has 88 valence electrons. The molecule has 0 aromatic heterocycles.